The minimum atomic E-state index is -0.542. The van der Waals surface area contributed by atoms with Crippen LogP contribution in [0.15, 0.2) is 60.7 Å². The molecule has 3 rings (SSSR count). The number of amides is 2. The van der Waals surface area contributed by atoms with E-state index in [1.54, 1.807) is 24.3 Å². The molecule has 0 radical (unpaired) electrons. The fraction of sp³-hybridized carbons (Fsp3) is 0.300. The van der Waals surface area contributed by atoms with E-state index in [-0.39, 0.29) is 0 Å². The van der Waals surface area contributed by atoms with Gasteiger partial charge in [-0.3, -0.25) is 10.6 Å². The number of nitrogens with one attached hydrogen (secondary N) is 2. The van der Waals surface area contributed by atoms with Gasteiger partial charge >= 0.3 is 12.2 Å². The fourth-order valence-electron chi connectivity index (χ4n) is 2.95. The van der Waals surface area contributed by atoms with Gasteiger partial charge in [0.25, 0.3) is 0 Å². The Morgan fingerprint density at radius 2 is 1.08 bits per heavy atom. The van der Waals surface area contributed by atoms with Crippen LogP contribution in [0.4, 0.5) is 21.0 Å². The maximum atomic E-state index is 12.1. The van der Waals surface area contributed by atoms with Crippen molar-refractivity contribution in [1.29, 1.82) is 0 Å². The minimum absolute atomic E-state index is 0.450. The first-order chi connectivity index (χ1) is 12.7. The monoisotopic (exact) mass is 354 g/mol. The van der Waals surface area contributed by atoms with Crippen LogP contribution in [0.25, 0.3) is 0 Å². The molecule has 2 aromatic carbocycles. The number of hydrogen-bond donors (Lipinski definition) is 2. The number of rotatable bonds is 4. The van der Waals surface area contributed by atoms with Crippen molar-refractivity contribution < 1.29 is 19.1 Å². The van der Waals surface area contributed by atoms with E-state index in [9.17, 15) is 9.59 Å². The van der Waals surface area contributed by atoms with Crippen molar-refractivity contribution in [3.05, 3.63) is 60.7 Å². The Balaban J connectivity index is 1.53. The van der Waals surface area contributed by atoms with Gasteiger partial charge < -0.3 is 9.47 Å². The Labute approximate surface area is 152 Å². The van der Waals surface area contributed by atoms with Crippen LogP contribution in [-0.2, 0) is 9.47 Å². The zero-order valence-corrected chi connectivity index (χ0v) is 14.4. The SMILES string of the molecule is O=C(Nc1ccccc1)O[C@H]1CCCC[C@H]1OC(=O)Nc1ccccc1. The second kappa shape index (κ2) is 8.89. The average Bonchev–Trinajstić information content (AvgIpc) is 2.65. The molecule has 0 aliphatic heterocycles. The number of benzene rings is 2. The van der Waals surface area contributed by atoms with Crippen molar-refractivity contribution in [1.82, 2.24) is 0 Å². The summed E-state index contributed by atoms with van der Waals surface area (Å²) < 4.78 is 11.0. The first-order valence-electron chi connectivity index (χ1n) is 8.76. The third-order valence-electron chi connectivity index (χ3n) is 4.20. The summed E-state index contributed by atoms with van der Waals surface area (Å²) in [5.41, 5.74) is 1.32. The first-order valence-corrected chi connectivity index (χ1v) is 8.76. The Morgan fingerprint density at radius 1 is 0.692 bits per heavy atom. The molecule has 6 heteroatoms. The third-order valence-corrected chi connectivity index (χ3v) is 4.20. The number of para-hydroxylation sites is 2. The van der Waals surface area contributed by atoms with Crippen molar-refractivity contribution in [2.45, 2.75) is 37.9 Å². The van der Waals surface area contributed by atoms with Crippen molar-refractivity contribution >= 4 is 23.6 Å². The van der Waals surface area contributed by atoms with Gasteiger partial charge in [0.15, 0.2) is 0 Å². The van der Waals surface area contributed by atoms with E-state index in [1.807, 2.05) is 36.4 Å². The smallest absolute Gasteiger partial charge is 0.412 e. The molecule has 0 aromatic heterocycles. The van der Waals surface area contributed by atoms with Gasteiger partial charge in [0.05, 0.1) is 0 Å². The van der Waals surface area contributed by atoms with E-state index < -0.39 is 24.4 Å². The van der Waals surface area contributed by atoms with E-state index in [2.05, 4.69) is 10.6 Å². The molecular formula is C20H22N2O4. The van der Waals surface area contributed by atoms with E-state index in [4.69, 9.17) is 9.47 Å². The van der Waals surface area contributed by atoms with Gasteiger partial charge in [-0.2, -0.15) is 0 Å². The van der Waals surface area contributed by atoms with Gasteiger partial charge in [-0.25, -0.2) is 9.59 Å². The molecule has 6 nitrogen and oxygen atoms in total. The topological polar surface area (TPSA) is 76.7 Å². The number of carbonyl (C=O) groups excluding carboxylic acids is 2. The molecule has 0 heterocycles. The number of carbonyl (C=O) groups is 2. The van der Waals surface area contributed by atoms with Gasteiger partial charge in [0.2, 0.25) is 0 Å². The zero-order valence-electron chi connectivity index (χ0n) is 14.4. The van der Waals surface area contributed by atoms with E-state index in [1.165, 1.54) is 0 Å². The van der Waals surface area contributed by atoms with Crippen molar-refractivity contribution in [2.75, 3.05) is 10.6 Å². The van der Waals surface area contributed by atoms with Gasteiger partial charge in [-0.05, 0) is 49.9 Å². The highest BCUT2D eigenvalue weighted by Crippen LogP contribution is 2.25. The summed E-state index contributed by atoms with van der Waals surface area (Å²) in [6.07, 6.45) is 1.23. The number of anilines is 2. The molecule has 1 fully saturated rings. The van der Waals surface area contributed by atoms with Gasteiger partial charge in [-0.15, -0.1) is 0 Å². The van der Waals surface area contributed by atoms with E-state index in [0.29, 0.717) is 24.2 Å². The maximum Gasteiger partial charge on any atom is 0.412 e. The molecular weight excluding hydrogens is 332 g/mol. The highest BCUT2D eigenvalue weighted by molar-refractivity contribution is 5.85. The molecule has 2 aromatic rings. The van der Waals surface area contributed by atoms with Crippen LogP contribution in [0.2, 0.25) is 0 Å². The van der Waals surface area contributed by atoms with E-state index >= 15 is 0 Å². The van der Waals surface area contributed by atoms with Crippen molar-refractivity contribution in [3.63, 3.8) is 0 Å². The molecule has 1 saturated carbocycles. The van der Waals surface area contributed by atoms with Gasteiger partial charge in [0.1, 0.15) is 12.2 Å². The van der Waals surface area contributed by atoms with Crippen LogP contribution >= 0.6 is 0 Å². The largest absolute Gasteiger partial charge is 0.442 e. The normalized spacial score (nSPS) is 19.2. The number of hydrogen-bond acceptors (Lipinski definition) is 4. The Hall–Kier alpha value is -3.02. The maximum absolute atomic E-state index is 12.1. The van der Waals surface area contributed by atoms with Crippen molar-refractivity contribution in [2.24, 2.45) is 0 Å². The highest BCUT2D eigenvalue weighted by Gasteiger charge is 2.31. The standard InChI is InChI=1S/C20H22N2O4/c23-19(21-15-9-3-1-4-10-15)25-17-13-7-8-14-18(17)26-20(24)22-16-11-5-2-6-12-16/h1-6,9-12,17-18H,7-8,13-14H2,(H,21,23)(H,22,24)/t17-,18+. The second-order valence-corrected chi connectivity index (χ2v) is 6.15. The van der Waals surface area contributed by atoms with Crippen LogP contribution in [0.3, 0.4) is 0 Å². The highest BCUT2D eigenvalue weighted by atomic mass is 16.6. The molecule has 1 aliphatic carbocycles. The second-order valence-electron chi connectivity index (χ2n) is 6.15. The van der Waals surface area contributed by atoms with E-state index in [0.717, 1.165) is 12.8 Å². The fourth-order valence-corrected chi connectivity index (χ4v) is 2.95. The molecule has 0 saturated heterocycles. The van der Waals surface area contributed by atoms with Gasteiger partial charge in [-0.1, -0.05) is 36.4 Å². The predicted octanol–water partition coefficient (Wildman–Crippen LogP) is 4.80. The van der Waals surface area contributed by atoms with Gasteiger partial charge in [0, 0.05) is 11.4 Å². The lowest BCUT2D eigenvalue weighted by atomic mass is 9.94. The average molecular weight is 354 g/mol. The zero-order chi connectivity index (χ0) is 18.2. The summed E-state index contributed by atoms with van der Waals surface area (Å²) in [6.45, 7) is 0. The lowest BCUT2D eigenvalue weighted by Crippen LogP contribution is -2.39. The molecule has 0 spiro atoms. The summed E-state index contributed by atoms with van der Waals surface area (Å²) in [4.78, 5) is 24.2. The summed E-state index contributed by atoms with van der Waals surface area (Å²) in [5, 5.41) is 5.37. The lowest BCUT2D eigenvalue weighted by molar-refractivity contribution is -0.0229. The van der Waals surface area contributed by atoms with Crippen LogP contribution in [0.1, 0.15) is 25.7 Å². The summed E-state index contributed by atoms with van der Waals surface area (Å²) in [7, 11) is 0. The van der Waals surface area contributed by atoms with Crippen molar-refractivity contribution in [3.8, 4) is 0 Å². The molecule has 0 bridgehead atoms. The van der Waals surface area contributed by atoms with Crippen LogP contribution in [0.5, 0.6) is 0 Å². The molecule has 1 aliphatic rings. The lowest BCUT2D eigenvalue weighted by Gasteiger charge is -2.30. The molecule has 136 valence electrons. The molecule has 0 unspecified atom stereocenters. The quantitative estimate of drug-likeness (QED) is 0.827. The molecule has 2 N–H and O–H groups in total. The molecule has 2 atom stereocenters. The Bertz CT molecular complexity index is 658. The van der Waals surface area contributed by atoms with Crippen LogP contribution in [0, 0.1) is 0 Å². The minimum Gasteiger partial charge on any atom is -0.442 e. The summed E-state index contributed by atoms with van der Waals surface area (Å²) >= 11 is 0. The third kappa shape index (κ3) is 5.24. The summed E-state index contributed by atoms with van der Waals surface area (Å²) in [6, 6.07) is 18.2. The predicted molar refractivity (Wildman–Crippen MR) is 99.1 cm³/mol. The number of ether oxygens (including phenoxy) is 2. The van der Waals surface area contributed by atoms with Crippen LogP contribution in [-0.4, -0.2) is 24.4 Å². The molecule has 2 amide bonds. The molecule has 26 heavy (non-hydrogen) atoms. The summed E-state index contributed by atoms with van der Waals surface area (Å²) in [5.74, 6) is 0. The van der Waals surface area contributed by atoms with Crippen LogP contribution < -0.4 is 10.6 Å². The first kappa shape index (κ1) is 17.8. The Morgan fingerprint density at radius 3 is 1.46 bits per heavy atom. The Kier molecular flexibility index (Phi) is 6.09.